The molecule has 0 radical (unpaired) electrons. The summed E-state index contributed by atoms with van der Waals surface area (Å²) in [5, 5.41) is 20.4. The summed E-state index contributed by atoms with van der Waals surface area (Å²) in [6, 6.07) is 4.91. The highest BCUT2D eigenvalue weighted by Gasteiger charge is 2.31. The van der Waals surface area contributed by atoms with Gasteiger partial charge < -0.3 is 9.64 Å². The topological polar surface area (TPSA) is 104 Å². The lowest BCUT2D eigenvalue weighted by Crippen LogP contribution is -2.43. The number of nitro groups is 1. The highest BCUT2D eigenvalue weighted by molar-refractivity contribution is 6.10. The molecule has 27 heavy (non-hydrogen) atoms. The van der Waals surface area contributed by atoms with E-state index in [-0.39, 0.29) is 35.8 Å². The number of amidine groups is 2. The van der Waals surface area contributed by atoms with Crippen LogP contribution >= 0.6 is 0 Å². The standard InChI is InChI=1S/C17H15F2N5O3/c18-11-1-2-15(13(19)9-11)27-12-4-7-23(8-5-12)17-14(24(25)26)3-6-21-16(10-20)22-17/h1-3,9,12H,4-8H2. The molecular formula is C17H15F2N5O3. The zero-order valence-electron chi connectivity index (χ0n) is 14.1. The van der Waals surface area contributed by atoms with E-state index in [1.165, 1.54) is 12.1 Å². The van der Waals surface area contributed by atoms with Gasteiger partial charge in [0.05, 0.1) is 11.5 Å². The van der Waals surface area contributed by atoms with E-state index in [2.05, 4.69) is 9.98 Å². The fourth-order valence-electron chi connectivity index (χ4n) is 2.89. The fraction of sp³-hybridized carbons (Fsp3) is 0.353. The van der Waals surface area contributed by atoms with Gasteiger partial charge in [-0.1, -0.05) is 0 Å². The molecule has 0 saturated carbocycles. The number of aliphatic imine (C=N–C) groups is 2. The Morgan fingerprint density at radius 2 is 2.07 bits per heavy atom. The maximum absolute atomic E-state index is 13.7. The maximum Gasteiger partial charge on any atom is 0.309 e. The number of ether oxygens (including phenoxy) is 1. The monoisotopic (exact) mass is 375 g/mol. The van der Waals surface area contributed by atoms with E-state index in [1.54, 1.807) is 4.90 Å². The predicted molar refractivity (Wildman–Crippen MR) is 92.0 cm³/mol. The normalized spacial score (nSPS) is 18.0. The van der Waals surface area contributed by atoms with Crippen molar-refractivity contribution in [1.29, 1.82) is 5.26 Å². The summed E-state index contributed by atoms with van der Waals surface area (Å²) in [6.45, 7) is 0.752. The minimum Gasteiger partial charge on any atom is -0.487 e. The molecule has 0 N–H and O–H groups in total. The lowest BCUT2D eigenvalue weighted by atomic mass is 10.1. The first-order valence-electron chi connectivity index (χ1n) is 8.22. The molecule has 2 aliphatic rings. The van der Waals surface area contributed by atoms with E-state index in [0.717, 1.165) is 12.1 Å². The van der Waals surface area contributed by atoms with Crippen LogP contribution in [0.5, 0.6) is 5.75 Å². The van der Waals surface area contributed by atoms with E-state index >= 15 is 0 Å². The van der Waals surface area contributed by atoms with Crippen LogP contribution in [0.15, 0.2) is 40.0 Å². The summed E-state index contributed by atoms with van der Waals surface area (Å²) >= 11 is 0. The van der Waals surface area contributed by atoms with Crippen LogP contribution in [0.25, 0.3) is 0 Å². The summed E-state index contributed by atoms with van der Waals surface area (Å²) in [5.41, 5.74) is -0.201. The van der Waals surface area contributed by atoms with Crippen molar-refractivity contribution < 1.29 is 18.4 Å². The van der Waals surface area contributed by atoms with E-state index < -0.39 is 16.6 Å². The third kappa shape index (κ3) is 4.25. The van der Waals surface area contributed by atoms with Crippen molar-refractivity contribution >= 4 is 11.7 Å². The lowest BCUT2D eigenvalue weighted by Gasteiger charge is -2.33. The van der Waals surface area contributed by atoms with E-state index in [4.69, 9.17) is 10.00 Å². The molecule has 8 nitrogen and oxygen atoms in total. The smallest absolute Gasteiger partial charge is 0.309 e. The molecule has 1 saturated heterocycles. The van der Waals surface area contributed by atoms with Gasteiger partial charge in [0.1, 0.15) is 18.0 Å². The first kappa shape index (κ1) is 18.4. The second-order valence-electron chi connectivity index (χ2n) is 5.94. The van der Waals surface area contributed by atoms with Crippen LogP contribution in [0, 0.1) is 33.1 Å². The van der Waals surface area contributed by atoms with E-state index in [9.17, 15) is 18.9 Å². The Labute approximate surface area is 153 Å². The third-order valence-electron chi connectivity index (χ3n) is 4.19. The van der Waals surface area contributed by atoms with Crippen LogP contribution < -0.4 is 4.74 Å². The minimum absolute atomic E-state index is 0.00955. The van der Waals surface area contributed by atoms with Gasteiger partial charge in [-0.15, -0.1) is 0 Å². The summed E-state index contributed by atoms with van der Waals surface area (Å²) in [4.78, 5) is 20.4. The molecule has 10 heteroatoms. The Hall–Kier alpha value is -3.35. The van der Waals surface area contributed by atoms with Crippen molar-refractivity contribution in [3.05, 3.63) is 51.7 Å². The van der Waals surface area contributed by atoms with Crippen LogP contribution in [0.4, 0.5) is 8.78 Å². The molecular weight excluding hydrogens is 360 g/mol. The molecule has 0 bridgehead atoms. The zero-order chi connectivity index (χ0) is 19.4. The highest BCUT2D eigenvalue weighted by atomic mass is 19.1. The third-order valence-corrected chi connectivity index (χ3v) is 4.19. The van der Waals surface area contributed by atoms with Crippen LogP contribution in [-0.4, -0.2) is 47.2 Å². The Morgan fingerprint density at radius 1 is 1.33 bits per heavy atom. The van der Waals surface area contributed by atoms with Crippen LogP contribution in [0.1, 0.15) is 12.8 Å². The molecule has 0 spiro atoms. The van der Waals surface area contributed by atoms with Crippen LogP contribution in [0.3, 0.4) is 0 Å². The van der Waals surface area contributed by atoms with Gasteiger partial charge in [0.25, 0.3) is 0 Å². The van der Waals surface area contributed by atoms with Gasteiger partial charge in [-0.05, 0) is 12.1 Å². The average Bonchev–Trinajstić information content (AvgIpc) is 2.87. The average molecular weight is 375 g/mol. The first-order valence-corrected chi connectivity index (χ1v) is 8.22. The first-order chi connectivity index (χ1) is 13.0. The molecule has 0 unspecified atom stereocenters. The van der Waals surface area contributed by atoms with Gasteiger partial charge in [0.15, 0.2) is 11.6 Å². The quantitative estimate of drug-likeness (QED) is 0.596. The fourth-order valence-corrected chi connectivity index (χ4v) is 2.89. The van der Waals surface area contributed by atoms with Crippen LogP contribution in [-0.2, 0) is 0 Å². The number of rotatable bonds is 3. The molecule has 0 aliphatic carbocycles. The minimum atomic E-state index is -0.779. The maximum atomic E-state index is 13.7. The number of benzene rings is 1. The molecule has 3 rings (SSSR count). The SMILES string of the molecule is N#CC1=NCC=C([N+](=O)[O-])C(N2CCC(Oc3ccc(F)cc3F)CC2)=N1. The molecule has 1 fully saturated rings. The number of piperidine rings is 1. The highest BCUT2D eigenvalue weighted by Crippen LogP contribution is 2.24. The summed E-state index contributed by atoms with van der Waals surface area (Å²) in [5.74, 6) is -1.53. The van der Waals surface area contributed by atoms with E-state index in [1.807, 2.05) is 6.07 Å². The van der Waals surface area contributed by atoms with Gasteiger partial charge in [-0.3, -0.25) is 15.1 Å². The van der Waals surface area contributed by atoms with Gasteiger partial charge >= 0.3 is 5.70 Å². The van der Waals surface area contributed by atoms with E-state index in [0.29, 0.717) is 25.9 Å². The van der Waals surface area contributed by atoms with Gasteiger partial charge in [-0.2, -0.15) is 10.3 Å². The number of halogens is 2. The Morgan fingerprint density at radius 3 is 2.70 bits per heavy atom. The van der Waals surface area contributed by atoms with Gasteiger partial charge in [0.2, 0.25) is 11.7 Å². The van der Waals surface area contributed by atoms with Gasteiger partial charge in [-0.25, -0.2) is 8.78 Å². The number of nitrogens with zero attached hydrogens (tertiary/aromatic N) is 5. The number of hydrogen-bond acceptors (Lipinski definition) is 7. The van der Waals surface area contributed by atoms with Crippen molar-refractivity contribution in [1.82, 2.24) is 4.90 Å². The second kappa shape index (κ2) is 7.90. The number of likely N-dealkylation sites (tertiary alicyclic amines) is 1. The summed E-state index contributed by atoms with van der Waals surface area (Å²) < 4.78 is 32.3. The summed E-state index contributed by atoms with van der Waals surface area (Å²) in [7, 11) is 0. The van der Waals surface area contributed by atoms with Gasteiger partial charge in [0, 0.05) is 38.1 Å². The number of hydrogen-bond donors (Lipinski definition) is 0. The van der Waals surface area contributed by atoms with Crippen molar-refractivity contribution in [2.45, 2.75) is 18.9 Å². The van der Waals surface area contributed by atoms with Crippen molar-refractivity contribution in [3.63, 3.8) is 0 Å². The molecule has 1 aromatic rings. The molecule has 0 aromatic heterocycles. The molecule has 0 atom stereocenters. The molecule has 140 valence electrons. The van der Waals surface area contributed by atoms with Crippen molar-refractivity contribution in [2.75, 3.05) is 19.6 Å². The number of nitriles is 1. The Balaban J connectivity index is 1.70. The Bertz CT molecular complexity index is 883. The summed E-state index contributed by atoms with van der Waals surface area (Å²) in [6.07, 6.45) is 1.92. The van der Waals surface area contributed by atoms with Crippen molar-refractivity contribution in [2.24, 2.45) is 9.98 Å². The lowest BCUT2D eigenvalue weighted by molar-refractivity contribution is -0.416. The molecule has 2 heterocycles. The Kier molecular flexibility index (Phi) is 5.40. The second-order valence-corrected chi connectivity index (χ2v) is 5.94. The molecule has 1 aromatic carbocycles. The van der Waals surface area contributed by atoms with Crippen LogP contribution in [0.2, 0.25) is 0 Å². The largest absolute Gasteiger partial charge is 0.487 e. The molecule has 0 amide bonds. The van der Waals surface area contributed by atoms with Crippen molar-refractivity contribution in [3.8, 4) is 11.8 Å². The predicted octanol–water partition coefficient (Wildman–Crippen LogP) is 2.30. The zero-order valence-corrected chi connectivity index (χ0v) is 14.1. The molecule has 2 aliphatic heterocycles.